The van der Waals surface area contributed by atoms with Crippen LogP contribution in [0.5, 0.6) is 0 Å². The van der Waals surface area contributed by atoms with Crippen LogP contribution in [0.4, 0.5) is 5.69 Å². The molecule has 0 aliphatic heterocycles. The lowest BCUT2D eigenvalue weighted by Gasteiger charge is -2.12. The van der Waals surface area contributed by atoms with Gasteiger partial charge in [-0.15, -0.1) is 11.6 Å². The summed E-state index contributed by atoms with van der Waals surface area (Å²) in [5.41, 5.74) is 0.788. The molecular weight excluding hydrogens is 210 g/mol. The van der Waals surface area contributed by atoms with E-state index in [0.29, 0.717) is 0 Å². The summed E-state index contributed by atoms with van der Waals surface area (Å²) in [4.78, 5) is 0. The fourth-order valence-electron chi connectivity index (χ4n) is 0.863. The molecule has 13 heavy (non-hydrogen) atoms. The zero-order valence-electron chi connectivity index (χ0n) is 6.81. The number of alkyl halides is 1. The summed E-state index contributed by atoms with van der Waals surface area (Å²) in [5.74, 6) is 0.0952. The Labute approximate surface area is 84.4 Å². The number of para-hydroxylation sites is 1. The molecule has 0 amide bonds. The van der Waals surface area contributed by atoms with E-state index >= 15 is 0 Å². The van der Waals surface area contributed by atoms with Crippen LogP contribution in [0.25, 0.3) is 0 Å². The summed E-state index contributed by atoms with van der Waals surface area (Å²) >= 11 is 3.55. The summed E-state index contributed by atoms with van der Waals surface area (Å²) in [5, 5.41) is 2.22. The van der Waals surface area contributed by atoms with Crippen molar-refractivity contribution < 1.29 is 8.76 Å². The van der Waals surface area contributed by atoms with Crippen LogP contribution in [0.2, 0.25) is 0 Å². The highest BCUT2D eigenvalue weighted by Gasteiger charge is 2.12. The Kier molecular flexibility index (Phi) is 4.21. The second-order valence-electron chi connectivity index (χ2n) is 2.43. The van der Waals surface area contributed by atoms with Gasteiger partial charge in [0.2, 0.25) is 0 Å². The number of anilines is 1. The minimum Gasteiger partial charge on any atom is -0.368 e. The van der Waals surface area contributed by atoms with Crippen LogP contribution in [0.1, 0.15) is 0 Å². The standard InChI is InChI=1S/C8H10ClNO2S/c9-6-8(13(11)12)10-7-4-2-1-3-5-7/h1-5,8,10H,6H2,(H,11,12). The quantitative estimate of drug-likeness (QED) is 0.601. The first-order valence-corrected chi connectivity index (χ1v) is 5.41. The third-order valence-electron chi connectivity index (χ3n) is 1.48. The SMILES string of the molecule is O=S(O)C(CCl)Nc1ccccc1. The van der Waals surface area contributed by atoms with Gasteiger partial charge in [-0.1, -0.05) is 18.2 Å². The zero-order chi connectivity index (χ0) is 9.68. The van der Waals surface area contributed by atoms with Crippen LogP contribution in [0.3, 0.4) is 0 Å². The summed E-state index contributed by atoms with van der Waals surface area (Å²) in [7, 11) is 0. The van der Waals surface area contributed by atoms with Crippen molar-refractivity contribution in [2.75, 3.05) is 11.2 Å². The van der Waals surface area contributed by atoms with Crippen LogP contribution in [-0.4, -0.2) is 20.0 Å². The molecule has 0 aliphatic carbocycles. The molecule has 3 nitrogen and oxygen atoms in total. The van der Waals surface area contributed by atoms with E-state index in [0.717, 1.165) is 5.69 Å². The van der Waals surface area contributed by atoms with Crippen molar-refractivity contribution >= 4 is 28.4 Å². The normalized spacial score (nSPS) is 14.9. The monoisotopic (exact) mass is 219 g/mol. The third-order valence-corrected chi connectivity index (χ3v) is 2.75. The van der Waals surface area contributed by atoms with Gasteiger partial charge in [-0.25, -0.2) is 4.21 Å². The van der Waals surface area contributed by atoms with Crippen molar-refractivity contribution in [2.45, 2.75) is 5.37 Å². The molecule has 1 aromatic carbocycles. The summed E-state index contributed by atoms with van der Waals surface area (Å²) in [6.07, 6.45) is 0. The lowest BCUT2D eigenvalue weighted by atomic mass is 10.3. The van der Waals surface area contributed by atoms with E-state index in [1.165, 1.54) is 0 Å². The van der Waals surface area contributed by atoms with E-state index < -0.39 is 16.5 Å². The minimum absolute atomic E-state index is 0.0952. The van der Waals surface area contributed by atoms with Gasteiger partial charge in [0.1, 0.15) is 5.37 Å². The molecule has 0 saturated heterocycles. The number of hydrogen-bond acceptors (Lipinski definition) is 2. The fourth-order valence-corrected chi connectivity index (χ4v) is 1.61. The molecule has 5 heteroatoms. The first-order chi connectivity index (χ1) is 6.24. The number of nitrogens with one attached hydrogen (secondary N) is 1. The van der Waals surface area contributed by atoms with Gasteiger partial charge >= 0.3 is 0 Å². The van der Waals surface area contributed by atoms with Crippen LogP contribution in [-0.2, 0) is 11.1 Å². The number of benzene rings is 1. The van der Waals surface area contributed by atoms with Crippen molar-refractivity contribution in [2.24, 2.45) is 0 Å². The second-order valence-corrected chi connectivity index (χ2v) is 3.86. The largest absolute Gasteiger partial charge is 0.368 e. The fraction of sp³-hybridized carbons (Fsp3) is 0.250. The Morgan fingerprint density at radius 3 is 2.54 bits per heavy atom. The molecule has 0 fully saturated rings. The molecule has 0 spiro atoms. The maximum atomic E-state index is 10.7. The van der Waals surface area contributed by atoms with Gasteiger partial charge in [-0.3, -0.25) is 0 Å². The molecule has 0 heterocycles. The van der Waals surface area contributed by atoms with Gasteiger partial charge in [0.05, 0.1) is 5.88 Å². The van der Waals surface area contributed by atoms with E-state index in [4.69, 9.17) is 16.2 Å². The Bertz CT molecular complexity index is 281. The van der Waals surface area contributed by atoms with Crippen LogP contribution in [0, 0.1) is 0 Å². The average Bonchev–Trinajstić information content (AvgIpc) is 2.15. The first kappa shape index (κ1) is 10.5. The highest BCUT2D eigenvalue weighted by Crippen LogP contribution is 2.09. The Morgan fingerprint density at radius 2 is 2.08 bits per heavy atom. The van der Waals surface area contributed by atoms with E-state index in [-0.39, 0.29) is 5.88 Å². The summed E-state index contributed by atoms with van der Waals surface area (Å²) in [6, 6.07) is 9.18. The molecule has 2 unspecified atom stereocenters. The maximum absolute atomic E-state index is 10.7. The van der Waals surface area contributed by atoms with Crippen molar-refractivity contribution in [1.82, 2.24) is 0 Å². The maximum Gasteiger partial charge on any atom is 0.177 e. The molecule has 0 aromatic heterocycles. The lowest BCUT2D eigenvalue weighted by molar-refractivity contribution is 0.556. The Morgan fingerprint density at radius 1 is 1.46 bits per heavy atom. The van der Waals surface area contributed by atoms with Crippen LogP contribution < -0.4 is 5.32 Å². The predicted octanol–water partition coefficient (Wildman–Crippen LogP) is 1.89. The van der Waals surface area contributed by atoms with E-state index in [2.05, 4.69) is 5.32 Å². The van der Waals surface area contributed by atoms with E-state index in [9.17, 15) is 4.21 Å². The van der Waals surface area contributed by atoms with Gasteiger partial charge in [0.15, 0.2) is 11.1 Å². The predicted molar refractivity (Wildman–Crippen MR) is 55.3 cm³/mol. The Hall–Kier alpha value is -0.580. The van der Waals surface area contributed by atoms with E-state index in [1.807, 2.05) is 30.3 Å². The van der Waals surface area contributed by atoms with Gasteiger partial charge in [-0.05, 0) is 12.1 Å². The minimum atomic E-state index is -1.95. The number of hydrogen-bond donors (Lipinski definition) is 2. The topological polar surface area (TPSA) is 49.3 Å². The first-order valence-electron chi connectivity index (χ1n) is 3.71. The molecule has 72 valence electrons. The average molecular weight is 220 g/mol. The zero-order valence-corrected chi connectivity index (χ0v) is 8.39. The van der Waals surface area contributed by atoms with Gasteiger partial charge < -0.3 is 9.87 Å². The highest BCUT2D eigenvalue weighted by molar-refractivity contribution is 7.80. The van der Waals surface area contributed by atoms with Crippen molar-refractivity contribution in [3.05, 3.63) is 30.3 Å². The lowest BCUT2D eigenvalue weighted by Crippen LogP contribution is -2.26. The van der Waals surface area contributed by atoms with E-state index in [1.54, 1.807) is 0 Å². The smallest absolute Gasteiger partial charge is 0.177 e. The van der Waals surface area contributed by atoms with Crippen LogP contribution >= 0.6 is 11.6 Å². The van der Waals surface area contributed by atoms with Gasteiger partial charge in [0, 0.05) is 5.69 Å². The van der Waals surface area contributed by atoms with Crippen molar-refractivity contribution in [3.8, 4) is 0 Å². The molecule has 0 saturated carbocycles. The number of halogens is 1. The summed E-state index contributed by atoms with van der Waals surface area (Å²) in [6.45, 7) is 0. The molecule has 1 aromatic rings. The molecule has 0 bridgehead atoms. The molecule has 0 aliphatic rings. The molecule has 2 atom stereocenters. The Balaban J connectivity index is 2.62. The van der Waals surface area contributed by atoms with Crippen molar-refractivity contribution in [3.63, 3.8) is 0 Å². The molecule has 1 rings (SSSR count). The van der Waals surface area contributed by atoms with Gasteiger partial charge in [-0.2, -0.15) is 0 Å². The summed E-state index contributed by atoms with van der Waals surface area (Å²) < 4.78 is 19.5. The molecule has 2 N–H and O–H groups in total. The van der Waals surface area contributed by atoms with Crippen LogP contribution in [0.15, 0.2) is 30.3 Å². The van der Waals surface area contributed by atoms with Crippen molar-refractivity contribution in [1.29, 1.82) is 0 Å². The second kappa shape index (κ2) is 5.21. The molecule has 0 radical (unpaired) electrons. The third kappa shape index (κ3) is 3.34. The molecular formula is C8H10ClNO2S. The number of rotatable bonds is 4. The highest BCUT2D eigenvalue weighted by atomic mass is 35.5. The van der Waals surface area contributed by atoms with Gasteiger partial charge in [0.25, 0.3) is 0 Å².